The van der Waals surface area contributed by atoms with E-state index in [-0.39, 0.29) is 19.2 Å². The minimum atomic E-state index is -1.20. The molecule has 0 bridgehead atoms. The van der Waals surface area contributed by atoms with Gasteiger partial charge in [-0.25, -0.2) is 9.48 Å². The first kappa shape index (κ1) is 17.2. The van der Waals surface area contributed by atoms with Crippen LogP contribution in [0.5, 0.6) is 11.5 Å². The first-order chi connectivity index (χ1) is 14.0. The van der Waals surface area contributed by atoms with Crippen molar-refractivity contribution in [2.45, 2.75) is 19.0 Å². The fourth-order valence-corrected chi connectivity index (χ4v) is 3.50. The SMILES string of the molecule is CC1(c2cccc(-n3cnnn3)c2)NC(=O)N(Cc2ccc3c(c2)OCO3)C1=O. The summed E-state index contributed by atoms with van der Waals surface area (Å²) in [7, 11) is 0. The number of fused-ring (bicyclic) bond motifs is 1. The molecule has 3 amide bonds. The van der Waals surface area contributed by atoms with Gasteiger partial charge in [-0.1, -0.05) is 18.2 Å². The molecule has 0 saturated carbocycles. The fraction of sp³-hybridized carbons (Fsp3) is 0.211. The number of rotatable bonds is 4. The highest BCUT2D eigenvalue weighted by Crippen LogP contribution is 2.34. The van der Waals surface area contributed by atoms with Crippen molar-refractivity contribution in [3.63, 3.8) is 0 Å². The number of ether oxygens (including phenoxy) is 2. The Balaban J connectivity index is 1.43. The maximum Gasteiger partial charge on any atom is 0.325 e. The number of nitrogens with one attached hydrogen (secondary N) is 1. The Morgan fingerprint density at radius 2 is 2.00 bits per heavy atom. The zero-order chi connectivity index (χ0) is 20.0. The van der Waals surface area contributed by atoms with Crippen molar-refractivity contribution in [1.82, 2.24) is 30.4 Å². The zero-order valence-corrected chi connectivity index (χ0v) is 15.4. The second-order valence-electron chi connectivity index (χ2n) is 6.94. The van der Waals surface area contributed by atoms with Crippen LogP contribution in [0.4, 0.5) is 4.79 Å². The van der Waals surface area contributed by atoms with Crippen LogP contribution in [0.15, 0.2) is 48.8 Å². The number of hydrogen-bond donors (Lipinski definition) is 1. The quantitative estimate of drug-likeness (QED) is 0.667. The number of amides is 3. The minimum Gasteiger partial charge on any atom is -0.454 e. The molecule has 29 heavy (non-hydrogen) atoms. The number of hydrogen-bond acceptors (Lipinski definition) is 7. The summed E-state index contributed by atoms with van der Waals surface area (Å²) >= 11 is 0. The summed E-state index contributed by atoms with van der Waals surface area (Å²) < 4.78 is 12.2. The van der Waals surface area contributed by atoms with Crippen molar-refractivity contribution in [2.75, 3.05) is 6.79 Å². The van der Waals surface area contributed by atoms with Gasteiger partial charge in [0.1, 0.15) is 11.9 Å². The van der Waals surface area contributed by atoms with E-state index in [1.807, 2.05) is 12.1 Å². The normalized spacial score (nSPS) is 20.2. The number of benzene rings is 2. The second-order valence-corrected chi connectivity index (χ2v) is 6.94. The van der Waals surface area contributed by atoms with E-state index in [1.165, 1.54) is 15.9 Å². The van der Waals surface area contributed by atoms with Gasteiger partial charge in [0.2, 0.25) is 6.79 Å². The molecule has 1 N–H and O–H groups in total. The van der Waals surface area contributed by atoms with Crippen LogP contribution in [-0.2, 0) is 16.9 Å². The molecule has 2 aromatic carbocycles. The Labute approximate surface area is 165 Å². The summed E-state index contributed by atoms with van der Waals surface area (Å²) in [5.41, 5.74) is 0.892. The van der Waals surface area contributed by atoms with Crippen LogP contribution in [0.2, 0.25) is 0 Å². The van der Waals surface area contributed by atoms with E-state index in [2.05, 4.69) is 20.8 Å². The molecule has 3 heterocycles. The van der Waals surface area contributed by atoms with Crippen molar-refractivity contribution < 1.29 is 19.1 Å². The number of tetrazole rings is 1. The van der Waals surface area contributed by atoms with Crippen LogP contribution < -0.4 is 14.8 Å². The third-order valence-corrected chi connectivity index (χ3v) is 5.09. The van der Waals surface area contributed by atoms with Crippen LogP contribution in [0.25, 0.3) is 5.69 Å². The predicted molar refractivity (Wildman–Crippen MR) is 98.2 cm³/mol. The van der Waals surface area contributed by atoms with Gasteiger partial charge in [0.15, 0.2) is 11.5 Å². The predicted octanol–water partition coefficient (Wildman–Crippen LogP) is 1.36. The van der Waals surface area contributed by atoms with E-state index in [9.17, 15) is 9.59 Å². The first-order valence-electron chi connectivity index (χ1n) is 8.91. The van der Waals surface area contributed by atoms with Gasteiger partial charge < -0.3 is 14.8 Å². The van der Waals surface area contributed by atoms with E-state index < -0.39 is 11.6 Å². The number of urea groups is 1. The van der Waals surface area contributed by atoms with Crippen molar-refractivity contribution in [2.24, 2.45) is 0 Å². The van der Waals surface area contributed by atoms with Crippen LogP contribution in [0.1, 0.15) is 18.1 Å². The summed E-state index contributed by atoms with van der Waals surface area (Å²) in [4.78, 5) is 27.0. The van der Waals surface area contributed by atoms with Gasteiger partial charge in [-0.3, -0.25) is 9.69 Å². The van der Waals surface area contributed by atoms with Crippen LogP contribution >= 0.6 is 0 Å². The lowest BCUT2D eigenvalue weighted by Gasteiger charge is -2.23. The fourth-order valence-electron chi connectivity index (χ4n) is 3.50. The van der Waals surface area contributed by atoms with Crippen LogP contribution in [0, 0.1) is 0 Å². The lowest BCUT2D eigenvalue weighted by atomic mass is 9.91. The zero-order valence-electron chi connectivity index (χ0n) is 15.4. The molecule has 10 heteroatoms. The Bertz CT molecular complexity index is 1120. The second kappa shape index (κ2) is 6.30. The van der Waals surface area contributed by atoms with Gasteiger partial charge in [0, 0.05) is 0 Å². The van der Waals surface area contributed by atoms with Gasteiger partial charge >= 0.3 is 6.03 Å². The number of aromatic nitrogens is 4. The van der Waals surface area contributed by atoms with Gasteiger partial charge in [-0.05, 0) is 52.7 Å². The Kier molecular flexibility index (Phi) is 3.73. The summed E-state index contributed by atoms with van der Waals surface area (Å²) in [5.74, 6) is 0.913. The lowest BCUT2D eigenvalue weighted by Crippen LogP contribution is -2.40. The molecule has 0 radical (unpaired) electrons. The Hall–Kier alpha value is -3.95. The molecule has 146 valence electrons. The number of carbonyl (C=O) groups is 2. The molecule has 5 rings (SSSR count). The molecule has 0 aliphatic carbocycles. The molecule has 1 atom stereocenters. The molecular weight excluding hydrogens is 376 g/mol. The van der Waals surface area contributed by atoms with E-state index in [1.54, 1.807) is 37.3 Å². The Morgan fingerprint density at radius 3 is 2.83 bits per heavy atom. The van der Waals surface area contributed by atoms with Crippen molar-refractivity contribution >= 4 is 11.9 Å². The average Bonchev–Trinajstić information content (AvgIpc) is 3.46. The van der Waals surface area contributed by atoms with Crippen LogP contribution in [0.3, 0.4) is 0 Å². The molecule has 1 aromatic heterocycles. The molecular formula is C19H16N6O4. The summed E-state index contributed by atoms with van der Waals surface area (Å²) in [5, 5.41) is 13.9. The highest BCUT2D eigenvalue weighted by molar-refractivity contribution is 6.07. The third-order valence-electron chi connectivity index (χ3n) is 5.09. The maximum absolute atomic E-state index is 13.2. The first-order valence-corrected chi connectivity index (χ1v) is 8.91. The molecule has 2 aliphatic heterocycles. The monoisotopic (exact) mass is 392 g/mol. The standard InChI is InChI=1S/C19H16N6O4/c1-19(13-3-2-4-14(8-13)25-10-20-22-23-25)17(26)24(18(27)21-19)9-12-5-6-15-16(7-12)29-11-28-15/h2-8,10H,9,11H2,1H3,(H,21,27). The van der Waals surface area contributed by atoms with Crippen molar-refractivity contribution in [1.29, 1.82) is 0 Å². The van der Waals surface area contributed by atoms with Gasteiger partial charge in [-0.15, -0.1) is 5.10 Å². The largest absolute Gasteiger partial charge is 0.454 e. The van der Waals surface area contributed by atoms with Gasteiger partial charge in [0.05, 0.1) is 12.2 Å². The number of nitrogens with zero attached hydrogens (tertiary/aromatic N) is 5. The van der Waals surface area contributed by atoms with Crippen molar-refractivity contribution in [3.05, 3.63) is 59.9 Å². The average molecular weight is 392 g/mol. The summed E-state index contributed by atoms with van der Waals surface area (Å²) in [6.45, 7) is 1.98. The Morgan fingerprint density at radius 1 is 1.14 bits per heavy atom. The van der Waals surface area contributed by atoms with E-state index in [4.69, 9.17) is 9.47 Å². The number of carbonyl (C=O) groups excluding carboxylic acids is 2. The molecule has 2 aliphatic rings. The van der Waals surface area contributed by atoms with E-state index in [0.717, 1.165) is 5.56 Å². The van der Waals surface area contributed by atoms with E-state index >= 15 is 0 Å². The highest BCUT2D eigenvalue weighted by Gasteiger charge is 2.49. The third kappa shape index (κ3) is 2.76. The molecule has 1 fully saturated rings. The smallest absolute Gasteiger partial charge is 0.325 e. The number of imide groups is 1. The van der Waals surface area contributed by atoms with E-state index in [0.29, 0.717) is 22.7 Å². The molecule has 1 unspecified atom stereocenters. The van der Waals surface area contributed by atoms with Gasteiger partial charge in [-0.2, -0.15) is 0 Å². The van der Waals surface area contributed by atoms with Crippen molar-refractivity contribution in [3.8, 4) is 17.2 Å². The molecule has 1 saturated heterocycles. The summed E-state index contributed by atoms with van der Waals surface area (Å²) in [6.07, 6.45) is 1.46. The topological polar surface area (TPSA) is 111 Å². The molecule has 0 spiro atoms. The van der Waals surface area contributed by atoms with Gasteiger partial charge in [0.25, 0.3) is 5.91 Å². The maximum atomic E-state index is 13.2. The highest BCUT2D eigenvalue weighted by atomic mass is 16.7. The van der Waals surface area contributed by atoms with Crippen LogP contribution in [-0.4, -0.2) is 43.8 Å². The molecule has 10 nitrogen and oxygen atoms in total. The summed E-state index contributed by atoms with van der Waals surface area (Å²) in [6, 6.07) is 12.1. The minimum absolute atomic E-state index is 0.129. The molecule has 3 aromatic rings. The lowest BCUT2D eigenvalue weighted by molar-refractivity contribution is -0.131.